The summed E-state index contributed by atoms with van der Waals surface area (Å²) in [6, 6.07) is 7.10. The molecule has 7 nitrogen and oxygen atoms in total. The molecule has 0 bridgehead atoms. The Balaban J connectivity index is 1.78. The van der Waals surface area contributed by atoms with Gasteiger partial charge >= 0.3 is 6.03 Å². The zero-order valence-electron chi connectivity index (χ0n) is 14.6. The van der Waals surface area contributed by atoms with E-state index in [9.17, 15) is 9.90 Å². The summed E-state index contributed by atoms with van der Waals surface area (Å²) in [7, 11) is 0. The fraction of sp³-hybridized carbons (Fsp3) is 0.0556. The Morgan fingerprint density at radius 2 is 1.86 bits per heavy atom. The van der Waals surface area contributed by atoms with E-state index in [4.69, 9.17) is 50.9 Å². The minimum Gasteiger partial charge on any atom is -0.506 e. The van der Waals surface area contributed by atoms with Crippen LogP contribution in [-0.4, -0.2) is 22.5 Å². The second kappa shape index (κ2) is 8.92. The maximum Gasteiger partial charge on any atom is 0.339 e. The molecule has 0 saturated heterocycles. The molecule has 0 aliphatic carbocycles. The van der Waals surface area contributed by atoms with Crippen LogP contribution in [-0.2, 0) is 0 Å². The van der Waals surface area contributed by atoms with Crippen LogP contribution in [0.1, 0.15) is 11.3 Å². The summed E-state index contributed by atoms with van der Waals surface area (Å²) in [5, 5.41) is 21.2. The predicted octanol–water partition coefficient (Wildman–Crippen LogP) is 6.12. The first-order valence-corrected chi connectivity index (χ1v) is 9.48. The highest BCUT2D eigenvalue weighted by atomic mass is 35.5. The van der Waals surface area contributed by atoms with E-state index in [1.165, 1.54) is 18.3 Å². The van der Waals surface area contributed by atoms with E-state index in [-0.39, 0.29) is 27.7 Å². The number of rotatable bonds is 4. The number of urea groups is 1. The van der Waals surface area contributed by atoms with E-state index < -0.39 is 6.03 Å². The Bertz CT molecular complexity index is 1090. The molecule has 0 radical (unpaired) electrons. The van der Waals surface area contributed by atoms with Gasteiger partial charge in [0.15, 0.2) is 5.76 Å². The number of phenolic OH excluding ortho intramolecular Hbond substituents is 1. The van der Waals surface area contributed by atoms with Crippen molar-refractivity contribution in [1.29, 1.82) is 0 Å². The summed E-state index contributed by atoms with van der Waals surface area (Å²) in [6.45, 7) is 1.62. The molecule has 0 unspecified atom stereocenters. The molecule has 150 valence electrons. The molecule has 3 aromatic rings. The van der Waals surface area contributed by atoms with Crippen LogP contribution in [0.15, 0.2) is 40.0 Å². The maximum absolute atomic E-state index is 12.2. The van der Waals surface area contributed by atoms with E-state index in [0.29, 0.717) is 26.4 Å². The van der Waals surface area contributed by atoms with Gasteiger partial charge < -0.3 is 14.9 Å². The predicted molar refractivity (Wildman–Crippen MR) is 115 cm³/mol. The van der Waals surface area contributed by atoms with E-state index in [1.54, 1.807) is 25.1 Å². The second-order valence-corrected chi connectivity index (χ2v) is 7.37. The summed E-state index contributed by atoms with van der Waals surface area (Å²) >= 11 is 24.1. The number of carbonyl (C=O) groups is 1. The van der Waals surface area contributed by atoms with Crippen LogP contribution in [0.25, 0.3) is 11.3 Å². The molecule has 1 heterocycles. The van der Waals surface area contributed by atoms with E-state index in [2.05, 4.69) is 21.0 Å². The Kier molecular flexibility index (Phi) is 6.54. The molecule has 0 fully saturated rings. The molecule has 0 aliphatic heterocycles. The monoisotopic (exact) mass is 472 g/mol. The zero-order chi connectivity index (χ0) is 21.1. The van der Waals surface area contributed by atoms with Gasteiger partial charge in [-0.3, -0.25) is 0 Å². The van der Waals surface area contributed by atoms with Crippen molar-refractivity contribution in [3.05, 3.63) is 61.7 Å². The van der Waals surface area contributed by atoms with Crippen molar-refractivity contribution >= 4 is 64.3 Å². The van der Waals surface area contributed by atoms with Crippen molar-refractivity contribution in [2.75, 3.05) is 5.32 Å². The van der Waals surface area contributed by atoms with Crippen molar-refractivity contribution in [3.63, 3.8) is 0 Å². The van der Waals surface area contributed by atoms with Crippen molar-refractivity contribution in [3.8, 4) is 17.0 Å². The van der Waals surface area contributed by atoms with Gasteiger partial charge in [0, 0.05) is 16.1 Å². The fourth-order valence-corrected chi connectivity index (χ4v) is 3.49. The smallest absolute Gasteiger partial charge is 0.339 e. The van der Waals surface area contributed by atoms with E-state index in [1.807, 2.05) is 0 Å². The lowest BCUT2D eigenvalue weighted by Gasteiger charge is -2.08. The molecule has 0 saturated carbocycles. The number of nitrogens with one attached hydrogen (secondary N) is 2. The van der Waals surface area contributed by atoms with Crippen LogP contribution >= 0.6 is 46.4 Å². The molecule has 3 rings (SSSR count). The first kappa shape index (κ1) is 21.3. The highest BCUT2D eigenvalue weighted by molar-refractivity contribution is 6.39. The maximum atomic E-state index is 12.2. The van der Waals surface area contributed by atoms with Gasteiger partial charge in [0.05, 0.1) is 21.3 Å². The molecule has 0 atom stereocenters. The first-order chi connectivity index (χ1) is 13.8. The largest absolute Gasteiger partial charge is 0.506 e. The average molecular weight is 474 g/mol. The number of hydrazone groups is 1. The first-order valence-electron chi connectivity index (χ1n) is 7.96. The normalized spacial score (nSPS) is 11.1. The molecule has 29 heavy (non-hydrogen) atoms. The SMILES string of the molecule is Cc1onc(-c2c(Cl)cccc2Cl)c1NC(=O)N/N=C\c1cc(Cl)cc(Cl)c1O. The number of nitrogens with zero attached hydrogens (tertiary/aromatic N) is 2. The fourth-order valence-electron chi connectivity index (χ4n) is 2.40. The third kappa shape index (κ3) is 4.76. The lowest BCUT2D eigenvalue weighted by atomic mass is 10.1. The van der Waals surface area contributed by atoms with Gasteiger partial charge in [0.25, 0.3) is 0 Å². The van der Waals surface area contributed by atoms with Gasteiger partial charge in [-0.2, -0.15) is 5.10 Å². The van der Waals surface area contributed by atoms with Crippen LogP contribution in [0.2, 0.25) is 20.1 Å². The van der Waals surface area contributed by atoms with E-state index in [0.717, 1.165) is 0 Å². The number of amides is 2. The highest BCUT2D eigenvalue weighted by Crippen LogP contribution is 2.39. The van der Waals surface area contributed by atoms with Crippen LogP contribution < -0.4 is 10.7 Å². The molecule has 2 amide bonds. The van der Waals surface area contributed by atoms with Gasteiger partial charge in [0.2, 0.25) is 0 Å². The van der Waals surface area contributed by atoms with Gasteiger partial charge in [0.1, 0.15) is 17.1 Å². The minimum atomic E-state index is -0.690. The molecule has 2 aromatic carbocycles. The van der Waals surface area contributed by atoms with Crippen LogP contribution in [0.4, 0.5) is 10.5 Å². The molecule has 0 aliphatic rings. The van der Waals surface area contributed by atoms with Crippen LogP contribution in [0, 0.1) is 6.92 Å². The molecule has 3 N–H and O–H groups in total. The number of aryl methyl sites for hydroxylation is 1. The molecular formula is C18H12Cl4N4O3. The summed E-state index contributed by atoms with van der Waals surface area (Å²) in [5.74, 6) is 0.127. The average Bonchev–Trinajstić information content (AvgIpc) is 2.99. The Hall–Kier alpha value is -2.45. The van der Waals surface area contributed by atoms with Crippen molar-refractivity contribution in [2.24, 2.45) is 5.10 Å². The zero-order valence-corrected chi connectivity index (χ0v) is 17.7. The molecule has 11 heteroatoms. The number of halogens is 4. The number of aromatic hydroxyl groups is 1. The van der Waals surface area contributed by atoms with Gasteiger partial charge in [-0.1, -0.05) is 57.6 Å². The third-order valence-corrected chi connectivity index (χ3v) is 4.86. The molecular weight excluding hydrogens is 462 g/mol. The van der Waals surface area contributed by atoms with Gasteiger partial charge in [-0.25, -0.2) is 10.2 Å². The van der Waals surface area contributed by atoms with Crippen molar-refractivity contribution in [1.82, 2.24) is 10.6 Å². The second-order valence-electron chi connectivity index (χ2n) is 5.71. The lowest BCUT2D eigenvalue weighted by Crippen LogP contribution is -2.24. The summed E-state index contributed by atoms with van der Waals surface area (Å²) < 4.78 is 5.17. The third-order valence-electron chi connectivity index (χ3n) is 3.73. The number of carbonyl (C=O) groups excluding carboxylic acids is 1. The standard InChI is InChI=1S/C18H12Cl4N4O3/c1-8-15(16(26-29-8)14-11(20)3-2-4-12(14)21)24-18(28)25-23-7-9-5-10(19)6-13(22)17(9)27/h2-7,27H,1H3,(H2,24,25,28)/b23-7-. The summed E-state index contributed by atoms with van der Waals surface area (Å²) in [5.41, 5.74) is 3.46. The molecule has 0 spiro atoms. The van der Waals surface area contributed by atoms with Crippen LogP contribution in [0.5, 0.6) is 5.75 Å². The Morgan fingerprint density at radius 1 is 1.17 bits per heavy atom. The number of phenols is 1. The lowest BCUT2D eigenvalue weighted by molar-refractivity contribution is 0.252. The number of benzene rings is 2. The summed E-state index contributed by atoms with van der Waals surface area (Å²) in [6.07, 6.45) is 1.19. The van der Waals surface area contributed by atoms with Crippen LogP contribution in [0.3, 0.4) is 0 Å². The summed E-state index contributed by atoms with van der Waals surface area (Å²) in [4.78, 5) is 12.2. The van der Waals surface area contributed by atoms with Crippen molar-refractivity contribution < 1.29 is 14.4 Å². The number of aromatic nitrogens is 1. The minimum absolute atomic E-state index is 0.0600. The number of anilines is 1. The Morgan fingerprint density at radius 3 is 2.55 bits per heavy atom. The highest BCUT2D eigenvalue weighted by Gasteiger charge is 2.21. The van der Waals surface area contributed by atoms with Gasteiger partial charge in [-0.15, -0.1) is 0 Å². The quantitative estimate of drug-likeness (QED) is 0.313. The Labute approximate surface area is 185 Å². The van der Waals surface area contributed by atoms with Gasteiger partial charge in [-0.05, 0) is 31.2 Å². The number of hydrogen-bond donors (Lipinski definition) is 3. The molecule has 1 aromatic heterocycles. The van der Waals surface area contributed by atoms with Crippen molar-refractivity contribution in [2.45, 2.75) is 6.92 Å². The topological polar surface area (TPSA) is 99.8 Å². The number of hydrogen-bond acceptors (Lipinski definition) is 5. The van der Waals surface area contributed by atoms with E-state index >= 15 is 0 Å².